The molecule has 0 saturated carbocycles. The van der Waals surface area contributed by atoms with Crippen molar-refractivity contribution in [1.29, 1.82) is 0 Å². The van der Waals surface area contributed by atoms with E-state index in [0.717, 1.165) is 6.54 Å². The molecule has 6 heteroatoms. The molecule has 1 unspecified atom stereocenters. The molecule has 0 aromatic heterocycles. The number of rotatable bonds is 6. The summed E-state index contributed by atoms with van der Waals surface area (Å²) in [6.45, 7) is 9.26. The standard InChI is InChI=1S/C20H31N3O3/c1-15-10-26-14-20(13-24,23(15)9-16-7-5-4-6-8-16)12-21-17-18(25)22-11-19(17,2)3/h4-8,15,17,21,24H,9-14H2,1-3H3,(H,22,25)/t15-,17?,20+/m1/s1. The number of nitrogens with one attached hydrogen (secondary N) is 2. The van der Waals surface area contributed by atoms with Gasteiger partial charge in [0.05, 0.1) is 31.4 Å². The summed E-state index contributed by atoms with van der Waals surface area (Å²) in [5.41, 5.74) is 0.504. The number of hydrogen-bond acceptors (Lipinski definition) is 5. The minimum atomic E-state index is -0.549. The van der Waals surface area contributed by atoms with E-state index in [0.29, 0.717) is 26.3 Å². The van der Waals surface area contributed by atoms with Crippen LogP contribution in [0.2, 0.25) is 0 Å². The zero-order valence-corrected chi connectivity index (χ0v) is 16.0. The summed E-state index contributed by atoms with van der Waals surface area (Å²) in [6.07, 6.45) is 0. The molecule has 3 atom stereocenters. The van der Waals surface area contributed by atoms with Crippen molar-refractivity contribution in [2.24, 2.45) is 5.41 Å². The normalized spacial score (nSPS) is 31.8. The Bertz CT molecular complexity index is 622. The van der Waals surface area contributed by atoms with Gasteiger partial charge in [0.1, 0.15) is 0 Å². The molecule has 2 heterocycles. The lowest BCUT2D eigenvalue weighted by atomic mass is 9.86. The molecule has 0 spiro atoms. The molecule has 0 radical (unpaired) electrons. The minimum Gasteiger partial charge on any atom is -0.394 e. The van der Waals surface area contributed by atoms with E-state index in [9.17, 15) is 9.90 Å². The maximum absolute atomic E-state index is 12.2. The number of aliphatic hydroxyl groups excluding tert-OH is 1. The van der Waals surface area contributed by atoms with Crippen LogP contribution in [0.15, 0.2) is 30.3 Å². The van der Waals surface area contributed by atoms with Gasteiger partial charge in [-0.15, -0.1) is 0 Å². The molecule has 1 aromatic rings. The number of hydrogen-bond donors (Lipinski definition) is 3. The highest BCUT2D eigenvalue weighted by Crippen LogP contribution is 2.29. The van der Waals surface area contributed by atoms with E-state index in [1.165, 1.54) is 5.56 Å². The molecule has 0 bridgehead atoms. The van der Waals surface area contributed by atoms with Crippen molar-refractivity contribution in [1.82, 2.24) is 15.5 Å². The molecule has 1 amide bonds. The number of benzene rings is 1. The van der Waals surface area contributed by atoms with Crippen LogP contribution in [-0.2, 0) is 16.1 Å². The zero-order chi connectivity index (χ0) is 18.8. The highest BCUT2D eigenvalue weighted by molar-refractivity contribution is 5.85. The van der Waals surface area contributed by atoms with Gasteiger partial charge in [-0.3, -0.25) is 9.69 Å². The third kappa shape index (κ3) is 3.78. The first-order chi connectivity index (χ1) is 12.4. The van der Waals surface area contributed by atoms with Crippen molar-refractivity contribution >= 4 is 5.91 Å². The van der Waals surface area contributed by atoms with E-state index in [4.69, 9.17) is 4.74 Å². The summed E-state index contributed by atoms with van der Waals surface area (Å²) in [7, 11) is 0. The van der Waals surface area contributed by atoms with Gasteiger partial charge in [0.15, 0.2) is 0 Å². The lowest BCUT2D eigenvalue weighted by Gasteiger charge is -2.50. The number of morpholine rings is 1. The molecule has 3 N–H and O–H groups in total. The third-order valence-corrected chi connectivity index (χ3v) is 5.76. The second-order valence-corrected chi connectivity index (χ2v) is 8.38. The molecule has 26 heavy (non-hydrogen) atoms. The highest BCUT2D eigenvalue weighted by atomic mass is 16.5. The number of aliphatic hydroxyl groups is 1. The van der Waals surface area contributed by atoms with Crippen LogP contribution >= 0.6 is 0 Å². The van der Waals surface area contributed by atoms with Gasteiger partial charge in [-0.25, -0.2) is 0 Å². The number of carbonyl (C=O) groups is 1. The molecule has 2 aliphatic rings. The van der Waals surface area contributed by atoms with Gasteiger partial charge >= 0.3 is 0 Å². The first-order valence-corrected chi connectivity index (χ1v) is 9.38. The Balaban J connectivity index is 1.78. The van der Waals surface area contributed by atoms with Crippen LogP contribution in [-0.4, -0.2) is 66.4 Å². The number of ether oxygens (including phenoxy) is 1. The quantitative estimate of drug-likeness (QED) is 0.697. The predicted molar refractivity (Wildman–Crippen MR) is 101 cm³/mol. The Morgan fingerprint density at radius 2 is 2.08 bits per heavy atom. The largest absolute Gasteiger partial charge is 0.394 e. The summed E-state index contributed by atoms with van der Waals surface area (Å²) < 4.78 is 5.81. The number of amides is 1. The molecule has 1 aromatic carbocycles. The molecule has 3 rings (SSSR count). The molecular weight excluding hydrogens is 330 g/mol. The first-order valence-electron chi connectivity index (χ1n) is 9.38. The maximum Gasteiger partial charge on any atom is 0.237 e. The topological polar surface area (TPSA) is 73.8 Å². The molecule has 2 fully saturated rings. The van der Waals surface area contributed by atoms with Crippen molar-refractivity contribution in [3.63, 3.8) is 0 Å². The van der Waals surface area contributed by atoms with E-state index in [1.54, 1.807) is 0 Å². The fourth-order valence-corrected chi connectivity index (χ4v) is 4.04. The fourth-order valence-electron chi connectivity index (χ4n) is 4.04. The Labute approximate surface area is 155 Å². The van der Waals surface area contributed by atoms with E-state index < -0.39 is 5.54 Å². The number of nitrogens with zero attached hydrogens (tertiary/aromatic N) is 1. The van der Waals surface area contributed by atoms with Crippen molar-refractivity contribution in [2.45, 2.75) is 44.9 Å². The van der Waals surface area contributed by atoms with Gasteiger partial charge in [-0.2, -0.15) is 0 Å². The average Bonchev–Trinajstić information content (AvgIpc) is 2.89. The van der Waals surface area contributed by atoms with Crippen LogP contribution in [0.5, 0.6) is 0 Å². The molecule has 0 aliphatic carbocycles. The van der Waals surface area contributed by atoms with Gasteiger partial charge in [-0.05, 0) is 12.5 Å². The van der Waals surface area contributed by atoms with Crippen molar-refractivity contribution in [3.8, 4) is 0 Å². The second kappa shape index (κ2) is 7.64. The maximum atomic E-state index is 12.2. The molecule has 144 valence electrons. The van der Waals surface area contributed by atoms with Crippen LogP contribution in [0, 0.1) is 5.41 Å². The SMILES string of the molecule is C[C@@H]1COC[C@@](CO)(CNC2C(=O)NCC2(C)C)N1Cc1ccccc1. The highest BCUT2D eigenvalue weighted by Gasteiger charge is 2.46. The van der Waals surface area contributed by atoms with Gasteiger partial charge in [0, 0.05) is 31.1 Å². The van der Waals surface area contributed by atoms with Crippen LogP contribution < -0.4 is 10.6 Å². The Hall–Kier alpha value is -1.47. The first kappa shape index (κ1) is 19.3. The predicted octanol–water partition coefficient (Wildman–Crippen LogP) is 0.753. The van der Waals surface area contributed by atoms with Crippen LogP contribution in [0.3, 0.4) is 0 Å². The van der Waals surface area contributed by atoms with Gasteiger partial charge in [0.2, 0.25) is 5.91 Å². The lowest BCUT2D eigenvalue weighted by molar-refractivity contribution is -0.128. The smallest absolute Gasteiger partial charge is 0.237 e. The van der Waals surface area contributed by atoms with E-state index >= 15 is 0 Å². The van der Waals surface area contributed by atoms with Gasteiger partial charge < -0.3 is 20.5 Å². The molecule has 6 nitrogen and oxygen atoms in total. The van der Waals surface area contributed by atoms with Crippen molar-refractivity contribution in [3.05, 3.63) is 35.9 Å². The zero-order valence-electron chi connectivity index (χ0n) is 16.0. The van der Waals surface area contributed by atoms with Crippen molar-refractivity contribution < 1.29 is 14.6 Å². The van der Waals surface area contributed by atoms with Crippen LogP contribution in [0.25, 0.3) is 0 Å². The Morgan fingerprint density at radius 3 is 2.69 bits per heavy atom. The molecular formula is C20H31N3O3. The Morgan fingerprint density at radius 1 is 1.35 bits per heavy atom. The van der Waals surface area contributed by atoms with Crippen LogP contribution in [0.4, 0.5) is 0 Å². The van der Waals surface area contributed by atoms with E-state index in [-0.39, 0.29) is 30.0 Å². The third-order valence-electron chi connectivity index (χ3n) is 5.76. The monoisotopic (exact) mass is 361 g/mol. The Kier molecular flexibility index (Phi) is 5.67. The molecule has 2 saturated heterocycles. The molecule has 2 aliphatic heterocycles. The van der Waals surface area contributed by atoms with Crippen molar-refractivity contribution in [2.75, 3.05) is 32.9 Å². The summed E-state index contributed by atoms with van der Waals surface area (Å²) in [5, 5.41) is 16.7. The number of carbonyl (C=O) groups excluding carboxylic acids is 1. The summed E-state index contributed by atoms with van der Waals surface area (Å²) >= 11 is 0. The minimum absolute atomic E-state index is 0.0219. The second-order valence-electron chi connectivity index (χ2n) is 8.38. The summed E-state index contributed by atoms with van der Waals surface area (Å²) in [6, 6.07) is 10.2. The average molecular weight is 361 g/mol. The summed E-state index contributed by atoms with van der Waals surface area (Å²) in [4.78, 5) is 14.5. The van der Waals surface area contributed by atoms with E-state index in [2.05, 4.69) is 48.4 Å². The fraction of sp³-hybridized carbons (Fsp3) is 0.650. The summed E-state index contributed by atoms with van der Waals surface area (Å²) in [5.74, 6) is 0.0301. The van der Waals surface area contributed by atoms with Gasteiger partial charge in [-0.1, -0.05) is 44.2 Å². The van der Waals surface area contributed by atoms with E-state index in [1.807, 2.05) is 18.2 Å². The van der Waals surface area contributed by atoms with Crippen LogP contribution in [0.1, 0.15) is 26.3 Å². The van der Waals surface area contributed by atoms with Gasteiger partial charge in [0.25, 0.3) is 0 Å². The lowest BCUT2D eigenvalue weighted by Crippen LogP contribution is -2.67.